The summed E-state index contributed by atoms with van der Waals surface area (Å²) in [5.74, 6) is 0.220. The Morgan fingerprint density at radius 1 is 1.04 bits per heavy atom. The first-order valence-corrected chi connectivity index (χ1v) is 9.20. The van der Waals surface area contributed by atoms with Gasteiger partial charge in [0.15, 0.2) is 5.78 Å². The molecule has 0 saturated carbocycles. The van der Waals surface area contributed by atoms with Gasteiger partial charge in [0.25, 0.3) is 0 Å². The second-order valence-electron chi connectivity index (χ2n) is 6.80. The Kier molecular flexibility index (Phi) is 5.49. The normalized spacial score (nSPS) is 15.3. The van der Waals surface area contributed by atoms with Crippen molar-refractivity contribution in [3.8, 4) is 5.69 Å². The van der Waals surface area contributed by atoms with Crippen molar-refractivity contribution < 1.29 is 9.59 Å². The quantitative estimate of drug-likeness (QED) is 0.773. The van der Waals surface area contributed by atoms with Crippen LogP contribution < -0.4 is 0 Å². The largest absolute Gasteiger partial charge is 0.340 e. The number of aromatic nitrogens is 1. The summed E-state index contributed by atoms with van der Waals surface area (Å²) in [5.41, 5.74) is 3.72. The smallest absolute Gasteiger partial charge is 0.219 e. The zero-order valence-electron chi connectivity index (χ0n) is 15.5. The molecule has 2 heterocycles. The average molecular weight is 374 g/mol. The molecule has 1 aliphatic heterocycles. The number of hydrogen-bond acceptors (Lipinski definition) is 3. The summed E-state index contributed by atoms with van der Waals surface area (Å²) in [7, 11) is 0. The maximum Gasteiger partial charge on any atom is 0.219 e. The molecule has 1 fully saturated rings. The number of Topliss-reactive ketones (excluding diaryl/α,β-unsaturated/α-hetero) is 1. The molecule has 0 spiro atoms. The van der Waals surface area contributed by atoms with E-state index in [2.05, 4.69) is 9.47 Å². The molecule has 0 radical (unpaired) electrons. The second kappa shape index (κ2) is 7.64. The Hall–Kier alpha value is -2.11. The standard InChI is InChI=1S/C20H24ClN3O2/c1-14-12-19(15(2)24(14)18-6-4-17(21)5-7-18)20(26)13-22-8-10-23(11-9-22)16(3)25/h4-7,12H,8-11,13H2,1-3H3. The van der Waals surface area contributed by atoms with Crippen molar-refractivity contribution in [2.75, 3.05) is 32.7 Å². The highest BCUT2D eigenvalue weighted by Crippen LogP contribution is 2.23. The number of benzene rings is 1. The minimum Gasteiger partial charge on any atom is -0.340 e. The molecule has 1 aromatic carbocycles. The fourth-order valence-corrected chi connectivity index (χ4v) is 3.67. The van der Waals surface area contributed by atoms with Gasteiger partial charge < -0.3 is 9.47 Å². The second-order valence-corrected chi connectivity index (χ2v) is 7.24. The van der Waals surface area contributed by atoms with Crippen LogP contribution in [0.1, 0.15) is 28.7 Å². The molecule has 0 bridgehead atoms. The molecule has 6 heteroatoms. The Bertz CT molecular complexity index is 818. The van der Waals surface area contributed by atoms with Crippen molar-refractivity contribution in [2.24, 2.45) is 0 Å². The molecule has 0 atom stereocenters. The third-order valence-corrected chi connectivity index (χ3v) is 5.25. The predicted octanol–water partition coefficient (Wildman–Crippen LogP) is 3.09. The van der Waals surface area contributed by atoms with Crippen LogP contribution in [0.15, 0.2) is 30.3 Å². The number of amides is 1. The van der Waals surface area contributed by atoms with Gasteiger partial charge in [-0.1, -0.05) is 11.6 Å². The van der Waals surface area contributed by atoms with Crippen molar-refractivity contribution in [2.45, 2.75) is 20.8 Å². The fraction of sp³-hybridized carbons (Fsp3) is 0.400. The molecular formula is C20H24ClN3O2. The lowest BCUT2D eigenvalue weighted by molar-refractivity contribution is -0.130. The summed E-state index contributed by atoms with van der Waals surface area (Å²) in [6.45, 7) is 8.80. The number of nitrogens with zero attached hydrogens (tertiary/aromatic N) is 3. The van der Waals surface area contributed by atoms with Crippen LogP contribution in [0.3, 0.4) is 0 Å². The Balaban J connectivity index is 1.74. The van der Waals surface area contributed by atoms with E-state index in [0.29, 0.717) is 24.7 Å². The predicted molar refractivity (Wildman–Crippen MR) is 103 cm³/mol. The topological polar surface area (TPSA) is 45.6 Å². The first-order chi connectivity index (χ1) is 12.4. The lowest BCUT2D eigenvalue weighted by Gasteiger charge is -2.33. The van der Waals surface area contributed by atoms with Crippen molar-refractivity contribution in [3.05, 3.63) is 52.3 Å². The van der Waals surface area contributed by atoms with Gasteiger partial charge in [-0.25, -0.2) is 0 Å². The van der Waals surface area contributed by atoms with Gasteiger partial charge in [-0.2, -0.15) is 0 Å². The van der Waals surface area contributed by atoms with E-state index in [1.165, 1.54) is 0 Å². The first kappa shape index (κ1) is 18.7. The van der Waals surface area contributed by atoms with Gasteiger partial charge >= 0.3 is 0 Å². The maximum atomic E-state index is 12.8. The van der Waals surface area contributed by atoms with Gasteiger partial charge in [0.05, 0.1) is 6.54 Å². The fourth-order valence-electron chi connectivity index (χ4n) is 3.54. The van der Waals surface area contributed by atoms with Crippen molar-refractivity contribution in [3.63, 3.8) is 0 Å². The monoisotopic (exact) mass is 373 g/mol. The molecule has 3 rings (SSSR count). The third-order valence-electron chi connectivity index (χ3n) is 5.00. The van der Waals surface area contributed by atoms with Crippen LogP contribution in [0.5, 0.6) is 0 Å². The summed E-state index contributed by atoms with van der Waals surface area (Å²) in [6, 6.07) is 9.57. The molecule has 0 aliphatic carbocycles. The molecule has 5 nitrogen and oxygen atoms in total. The number of carbonyl (C=O) groups is 2. The van der Waals surface area contributed by atoms with E-state index in [-0.39, 0.29) is 11.7 Å². The van der Waals surface area contributed by atoms with E-state index in [1.54, 1.807) is 6.92 Å². The molecule has 0 N–H and O–H groups in total. The van der Waals surface area contributed by atoms with Crippen molar-refractivity contribution in [1.29, 1.82) is 0 Å². The van der Waals surface area contributed by atoms with Gasteiger partial charge in [-0.3, -0.25) is 14.5 Å². The van der Waals surface area contributed by atoms with Gasteiger partial charge in [-0.05, 0) is 44.2 Å². The van der Waals surface area contributed by atoms with E-state index in [9.17, 15) is 9.59 Å². The highest BCUT2D eigenvalue weighted by Gasteiger charge is 2.23. The lowest BCUT2D eigenvalue weighted by Crippen LogP contribution is -2.49. The van der Waals surface area contributed by atoms with E-state index in [0.717, 1.165) is 35.7 Å². The van der Waals surface area contributed by atoms with Crippen LogP contribution in [0.4, 0.5) is 0 Å². The van der Waals surface area contributed by atoms with Crippen molar-refractivity contribution >= 4 is 23.3 Å². The van der Waals surface area contributed by atoms with Crippen LogP contribution in [0.25, 0.3) is 5.69 Å². The molecular weight excluding hydrogens is 350 g/mol. The zero-order valence-corrected chi connectivity index (χ0v) is 16.2. The number of ketones is 1. The van der Waals surface area contributed by atoms with E-state index in [1.807, 2.05) is 49.1 Å². The average Bonchev–Trinajstić information content (AvgIpc) is 2.91. The molecule has 26 heavy (non-hydrogen) atoms. The van der Waals surface area contributed by atoms with Crippen LogP contribution in [-0.4, -0.2) is 58.8 Å². The summed E-state index contributed by atoms with van der Waals surface area (Å²) >= 11 is 5.98. The Morgan fingerprint density at radius 2 is 1.65 bits per heavy atom. The maximum absolute atomic E-state index is 12.8. The molecule has 138 valence electrons. The number of halogens is 1. The highest BCUT2D eigenvalue weighted by molar-refractivity contribution is 6.30. The van der Waals surface area contributed by atoms with Crippen LogP contribution in [0, 0.1) is 13.8 Å². The summed E-state index contributed by atoms with van der Waals surface area (Å²) in [5, 5.41) is 0.692. The minimum absolute atomic E-state index is 0.0995. The molecule has 1 saturated heterocycles. The number of aryl methyl sites for hydroxylation is 1. The van der Waals surface area contributed by atoms with Crippen LogP contribution >= 0.6 is 11.6 Å². The molecule has 0 unspecified atom stereocenters. The van der Waals surface area contributed by atoms with Crippen LogP contribution in [0.2, 0.25) is 5.02 Å². The van der Waals surface area contributed by atoms with E-state index >= 15 is 0 Å². The molecule has 1 aromatic heterocycles. The molecule has 2 aromatic rings. The van der Waals surface area contributed by atoms with E-state index < -0.39 is 0 Å². The van der Waals surface area contributed by atoms with Crippen LogP contribution in [-0.2, 0) is 4.79 Å². The number of carbonyl (C=O) groups excluding carboxylic acids is 2. The van der Waals surface area contributed by atoms with Gasteiger partial charge in [0, 0.05) is 60.8 Å². The Labute approximate surface area is 159 Å². The number of hydrogen-bond donors (Lipinski definition) is 0. The first-order valence-electron chi connectivity index (χ1n) is 8.83. The Morgan fingerprint density at radius 3 is 2.23 bits per heavy atom. The lowest BCUT2D eigenvalue weighted by atomic mass is 10.1. The zero-order chi connectivity index (χ0) is 18.8. The third kappa shape index (κ3) is 3.84. The molecule has 1 amide bonds. The van der Waals surface area contributed by atoms with Gasteiger partial charge in [0.2, 0.25) is 5.91 Å². The summed E-state index contributed by atoms with van der Waals surface area (Å²) < 4.78 is 2.08. The highest BCUT2D eigenvalue weighted by atomic mass is 35.5. The number of rotatable bonds is 4. The van der Waals surface area contributed by atoms with Gasteiger partial charge in [-0.15, -0.1) is 0 Å². The van der Waals surface area contributed by atoms with Crippen molar-refractivity contribution in [1.82, 2.24) is 14.4 Å². The number of piperazine rings is 1. The SMILES string of the molecule is CC(=O)N1CCN(CC(=O)c2cc(C)n(-c3ccc(Cl)cc3)c2C)CC1. The van der Waals surface area contributed by atoms with Gasteiger partial charge in [0.1, 0.15) is 0 Å². The molecule has 1 aliphatic rings. The summed E-state index contributed by atoms with van der Waals surface area (Å²) in [4.78, 5) is 28.2. The van der Waals surface area contributed by atoms with E-state index in [4.69, 9.17) is 11.6 Å². The summed E-state index contributed by atoms with van der Waals surface area (Å²) in [6.07, 6.45) is 0. The minimum atomic E-state index is 0.0995.